The third-order valence-corrected chi connectivity index (χ3v) is 3.69. The van der Waals surface area contributed by atoms with Crippen LogP contribution in [0.4, 0.5) is 25.8 Å². The molecule has 7 heteroatoms. The molecule has 28 heavy (non-hydrogen) atoms. The minimum atomic E-state index is -1.03. The molecular weight excluding hydrogens is 364 g/mol. The molecule has 0 bridgehead atoms. The van der Waals surface area contributed by atoms with Gasteiger partial charge in [-0.1, -0.05) is 0 Å². The first-order chi connectivity index (χ1) is 13.4. The van der Waals surface area contributed by atoms with Crippen molar-refractivity contribution in [3.05, 3.63) is 78.1 Å². The molecule has 2 N–H and O–H groups in total. The number of amides is 1. The van der Waals surface area contributed by atoms with Crippen LogP contribution in [0, 0.1) is 11.6 Å². The van der Waals surface area contributed by atoms with E-state index in [4.69, 9.17) is 4.74 Å². The van der Waals surface area contributed by atoms with E-state index in [0.717, 1.165) is 23.6 Å². The quantitative estimate of drug-likeness (QED) is 0.618. The normalized spacial score (nSPS) is 10.6. The van der Waals surface area contributed by atoms with Crippen molar-refractivity contribution in [2.24, 2.45) is 0 Å². The van der Waals surface area contributed by atoms with Crippen LogP contribution in [0.3, 0.4) is 0 Å². The van der Waals surface area contributed by atoms with E-state index in [1.165, 1.54) is 12.3 Å². The third kappa shape index (κ3) is 5.03. The van der Waals surface area contributed by atoms with Gasteiger partial charge < -0.3 is 15.4 Å². The number of ether oxygens (including phenoxy) is 1. The summed E-state index contributed by atoms with van der Waals surface area (Å²) >= 11 is 0. The molecule has 0 aliphatic rings. The van der Waals surface area contributed by atoms with Gasteiger partial charge in [0, 0.05) is 23.6 Å². The lowest BCUT2D eigenvalue weighted by Gasteiger charge is -2.11. The van der Waals surface area contributed by atoms with Crippen LogP contribution in [0.1, 0.15) is 24.2 Å². The average Bonchev–Trinajstić information content (AvgIpc) is 2.66. The SMILES string of the molecule is CC(C)Oc1ccc(Nc2cncc(C(=O)Nc3ccc(F)c(F)c3)c2)cc1. The molecule has 5 nitrogen and oxygen atoms in total. The van der Waals surface area contributed by atoms with Crippen LogP contribution in [0.5, 0.6) is 5.75 Å². The van der Waals surface area contributed by atoms with Crippen molar-refractivity contribution in [2.75, 3.05) is 10.6 Å². The molecule has 0 fully saturated rings. The zero-order valence-corrected chi connectivity index (χ0v) is 15.4. The molecule has 0 unspecified atom stereocenters. The summed E-state index contributed by atoms with van der Waals surface area (Å²) < 4.78 is 31.9. The maximum atomic E-state index is 13.3. The Bertz CT molecular complexity index is 976. The summed E-state index contributed by atoms with van der Waals surface area (Å²) in [6.07, 6.45) is 3.06. The molecule has 0 atom stereocenters. The highest BCUT2D eigenvalue weighted by Crippen LogP contribution is 2.21. The van der Waals surface area contributed by atoms with Gasteiger partial charge in [-0.25, -0.2) is 8.78 Å². The molecule has 3 rings (SSSR count). The third-order valence-electron chi connectivity index (χ3n) is 3.69. The van der Waals surface area contributed by atoms with Gasteiger partial charge in [0.25, 0.3) is 5.91 Å². The summed E-state index contributed by atoms with van der Waals surface area (Å²) in [5, 5.41) is 5.67. The monoisotopic (exact) mass is 383 g/mol. The first-order valence-electron chi connectivity index (χ1n) is 8.66. The number of pyridine rings is 1. The molecular formula is C21H19F2N3O2. The van der Waals surface area contributed by atoms with Gasteiger partial charge in [0.05, 0.1) is 23.6 Å². The van der Waals surface area contributed by atoms with Gasteiger partial charge in [0.2, 0.25) is 0 Å². The van der Waals surface area contributed by atoms with Crippen molar-refractivity contribution in [1.29, 1.82) is 0 Å². The molecule has 144 valence electrons. The molecule has 0 aliphatic heterocycles. The maximum Gasteiger partial charge on any atom is 0.257 e. The van der Waals surface area contributed by atoms with E-state index in [-0.39, 0.29) is 17.4 Å². The Kier molecular flexibility index (Phi) is 5.84. The largest absolute Gasteiger partial charge is 0.491 e. The van der Waals surface area contributed by atoms with E-state index in [1.54, 1.807) is 12.3 Å². The zero-order chi connectivity index (χ0) is 20.1. The molecule has 0 saturated carbocycles. The van der Waals surface area contributed by atoms with E-state index in [9.17, 15) is 13.6 Å². The van der Waals surface area contributed by atoms with Crippen molar-refractivity contribution < 1.29 is 18.3 Å². The Morgan fingerprint density at radius 3 is 2.32 bits per heavy atom. The van der Waals surface area contributed by atoms with Gasteiger partial charge in [0.15, 0.2) is 11.6 Å². The summed E-state index contributed by atoms with van der Waals surface area (Å²) in [6, 6.07) is 12.2. The number of hydrogen-bond acceptors (Lipinski definition) is 4. The predicted octanol–water partition coefficient (Wildman–Crippen LogP) is 5.14. The minimum absolute atomic E-state index is 0.0905. The van der Waals surface area contributed by atoms with Crippen LogP contribution < -0.4 is 15.4 Å². The molecule has 2 aromatic carbocycles. The first kappa shape index (κ1) is 19.3. The fourth-order valence-corrected chi connectivity index (χ4v) is 2.47. The lowest BCUT2D eigenvalue weighted by molar-refractivity contribution is 0.102. The van der Waals surface area contributed by atoms with Crippen LogP contribution in [0.2, 0.25) is 0 Å². The van der Waals surface area contributed by atoms with E-state index in [1.807, 2.05) is 38.1 Å². The number of halogens is 2. The minimum Gasteiger partial charge on any atom is -0.491 e. The average molecular weight is 383 g/mol. The molecule has 0 aliphatic carbocycles. The van der Waals surface area contributed by atoms with Crippen molar-refractivity contribution >= 4 is 23.0 Å². The Balaban J connectivity index is 1.69. The predicted molar refractivity (Wildman–Crippen MR) is 104 cm³/mol. The van der Waals surface area contributed by atoms with Gasteiger partial charge >= 0.3 is 0 Å². The number of anilines is 3. The Morgan fingerprint density at radius 2 is 1.64 bits per heavy atom. The molecule has 0 saturated heterocycles. The highest BCUT2D eigenvalue weighted by atomic mass is 19.2. The van der Waals surface area contributed by atoms with Gasteiger partial charge in [-0.05, 0) is 56.3 Å². The maximum absolute atomic E-state index is 13.3. The highest BCUT2D eigenvalue weighted by Gasteiger charge is 2.10. The summed E-state index contributed by atoms with van der Waals surface area (Å²) in [5.74, 6) is -1.73. The van der Waals surface area contributed by atoms with Gasteiger partial charge in [-0.3, -0.25) is 9.78 Å². The lowest BCUT2D eigenvalue weighted by atomic mass is 10.2. The van der Waals surface area contributed by atoms with Crippen LogP contribution in [0.15, 0.2) is 60.9 Å². The number of carbonyl (C=O) groups excluding carboxylic acids is 1. The number of carbonyl (C=O) groups is 1. The van der Waals surface area contributed by atoms with Crippen molar-refractivity contribution in [2.45, 2.75) is 20.0 Å². The smallest absolute Gasteiger partial charge is 0.257 e. The molecule has 1 amide bonds. The molecule has 1 aromatic heterocycles. The Morgan fingerprint density at radius 1 is 0.929 bits per heavy atom. The number of hydrogen-bond donors (Lipinski definition) is 2. The summed E-state index contributed by atoms with van der Waals surface area (Å²) in [5.41, 5.74) is 1.84. The van der Waals surface area contributed by atoms with E-state index in [0.29, 0.717) is 5.69 Å². The Labute approximate surface area is 161 Å². The van der Waals surface area contributed by atoms with Crippen LogP contribution >= 0.6 is 0 Å². The lowest BCUT2D eigenvalue weighted by Crippen LogP contribution is -2.12. The number of nitrogens with zero attached hydrogens (tertiary/aromatic N) is 1. The number of rotatable bonds is 6. The van der Waals surface area contributed by atoms with E-state index >= 15 is 0 Å². The van der Waals surface area contributed by atoms with Gasteiger partial charge in [-0.2, -0.15) is 0 Å². The number of aromatic nitrogens is 1. The summed E-state index contributed by atoms with van der Waals surface area (Å²) in [4.78, 5) is 16.4. The first-order valence-corrected chi connectivity index (χ1v) is 8.66. The molecule has 3 aromatic rings. The number of nitrogens with one attached hydrogen (secondary N) is 2. The van der Waals surface area contributed by atoms with E-state index < -0.39 is 17.5 Å². The molecule has 0 radical (unpaired) electrons. The fourth-order valence-electron chi connectivity index (χ4n) is 2.47. The standard InChI is InChI=1S/C21H19F2N3O2/c1-13(2)28-18-6-3-15(4-7-18)25-17-9-14(11-24-12-17)21(27)26-16-5-8-19(22)20(23)10-16/h3-13,25H,1-2H3,(H,26,27). The van der Waals surface area contributed by atoms with Crippen LogP contribution in [-0.4, -0.2) is 17.0 Å². The van der Waals surface area contributed by atoms with Crippen LogP contribution in [-0.2, 0) is 0 Å². The second-order valence-electron chi connectivity index (χ2n) is 6.36. The second-order valence-corrected chi connectivity index (χ2v) is 6.36. The van der Waals surface area contributed by atoms with Gasteiger partial charge in [0.1, 0.15) is 5.75 Å². The van der Waals surface area contributed by atoms with Crippen molar-refractivity contribution in [3.8, 4) is 5.75 Å². The fraction of sp³-hybridized carbons (Fsp3) is 0.143. The van der Waals surface area contributed by atoms with E-state index in [2.05, 4.69) is 15.6 Å². The summed E-state index contributed by atoms with van der Waals surface area (Å²) in [7, 11) is 0. The molecule has 0 spiro atoms. The van der Waals surface area contributed by atoms with Crippen LogP contribution in [0.25, 0.3) is 0 Å². The molecule has 1 heterocycles. The van der Waals surface area contributed by atoms with Crippen molar-refractivity contribution in [1.82, 2.24) is 4.98 Å². The van der Waals surface area contributed by atoms with Crippen molar-refractivity contribution in [3.63, 3.8) is 0 Å². The zero-order valence-electron chi connectivity index (χ0n) is 15.4. The Hall–Kier alpha value is -3.48. The number of benzene rings is 2. The topological polar surface area (TPSA) is 63.2 Å². The highest BCUT2D eigenvalue weighted by molar-refractivity contribution is 6.04. The van der Waals surface area contributed by atoms with Gasteiger partial charge in [-0.15, -0.1) is 0 Å². The summed E-state index contributed by atoms with van der Waals surface area (Å²) in [6.45, 7) is 3.91. The second kappa shape index (κ2) is 8.47.